The van der Waals surface area contributed by atoms with Gasteiger partial charge in [0.05, 0.1) is 36.6 Å². The number of halogens is 1. The Hall–Kier alpha value is -3.09. The molecular weight excluding hydrogens is 542 g/mol. The topological polar surface area (TPSA) is 137 Å². The molecule has 0 saturated carbocycles. The number of fused-ring (bicyclic) bond motifs is 15. The van der Waals surface area contributed by atoms with Crippen LogP contribution < -0.4 is 11.1 Å². The molecule has 3 aromatic rings. The molecule has 2 aliphatic heterocycles. The fourth-order valence-corrected chi connectivity index (χ4v) is 5.24. The van der Waals surface area contributed by atoms with E-state index in [0.717, 1.165) is 31.2 Å². The van der Waals surface area contributed by atoms with Crippen LogP contribution >= 0.6 is 12.4 Å². The molecule has 210 valence electrons. The molecule has 2 aliphatic rings. The quantitative estimate of drug-likeness (QED) is 0.408. The highest BCUT2D eigenvalue weighted by atomic mass is 35.5. The molecule has 0 saturated heterocycles. The number of ether oxygens (including phenoxy) is 2. The Morgan fingerprint density at radius 1 is 0.974 bits per heavy atom. The zero-order chi connectivity index (χ0) is 27.0. The van der Waals surface area contributed by atoms with E-state index in [9.17, 15) is 13.2 Å². The molecule has 0 radical (unpaired) electrons. The number of sulfonamides is 1. The van der Waals surface area contributed by atoms with Crippen LogP contribution in [0.3, 0.4) is 0 Å². The lowest BCUT2D eigenvalue weighted by molar-refractivity contribution is 0.0393. The number of carbonyl (C=O) groups excluding carboxylic acids is 1. The van der Waals surface area contributed by atoms with Gasteiger partial charge in [0.1, 0.15) is 0 Å². The molecule has 6 bridgehead atoms. The van der Waals surface area contributed by atoms with E-state index in [1.54, 1.807) is 25.2 Å². The first-order valence-corrected chi connectivity index (χ1v) is 14.0. The van der Waals surface area contributed by atoms with E-state index in [0.29, 0.717) is 49.9 Å². The maximum atomic E-state index is 13.0. The van der Waals surface area contributed by atoms with Crippen molar-refractivity contribution in [1.82, 2.24) is 14.3 Å². The number of aromatic nitrogens is 2. The van der Waals surface area contributed by atoms with Gasteiger partial charge in [0.15, 0.2) is 11.5 Å². The molecule has 5 rings (SSSR count). The van der Waals surface area contributed by atoms with Crippen molar-refractivity contribution < 1.29 is 22.7 Å². The van der Waals surface area contributed by atoms with Gasteiger partial charge in [-0.05, 0) is 42.7 Å². The van der Waals surface area contributed by atoms with Crippen LogP contribution in [0.15, 0.2) is 59.6 Å². The number of hydrogen-bond acceptors (Lipinski definition) is 8. The normalized spacial score (nSPS) is 17.7. The molecule has 0 unspecified atom stereocenters. The SMILES string of the molecule is CN1CCCCCCOCCOCc2cccc(c2)NC(=O)c2nc(cnc2N)-c2ccc(cc2)S1(=O)=O.Cl. The van der Waals surface area contributed by atoms with Gasteiger partial charge in [-0.1, -0.05) is 37.1 Å². The highest BCUT2D eigenvalue weighted by Gasteiger charge is 2.21. The molecule has 0 aliphatic carbocycles. The van der Waals surface area contributed by atoms with Crippen molar-refractivity contribution >= 4 is 39.8 Å². The van der Waals surface area contributed by atoms with Gasteiger partial charge >= 0.3 is 0 Å². The van der Waals surface area contributed by atoms with Crippen molar-refractivity contribution in [2.75, 3.05) is 44.5 Å². The Bertz CT molecular complexity index is 1350. The van der Waals surface area contributed by atoms with Crippen LogP contribution in [0.1, 0.15) is 41.7 Å². The van der Waals surface area contributed by atoms with Crippen LogP contribution in [0.4, 0.5) is 11.5 Å². The second-order valence-corrected chi connectivity index (χ2v) is 11.1. The molecule has 3 N–H and O–H groups in total. The smallest absolute Gasteiger partial charge is 0.278 e. The Balaban J connectivity index is 0.00000420. The van der Waals surface area contributed by atoms with Crippen LogP contribution in [-0.4, -0.2) is 62.0 Å². The number of carbonyl (C=O) groups is 1. The summed E-state index contributed by atoms with van der Waals surface area (Å²) in [5, 5.41) is 2.81. The summed E-state index contributed by atoms with van der Waals surface area (Å²) in [6.07, 6.45) is 5.01. The van der Waals surface area contributed by atoms with Gasteiger partial charge in [-0.25, -0.2) is 22.7 Å². The molecule has 0 atom stereocenters. The van der Waals surface area contributed by atoms with Crippen molar-refractivity contribution in [1.29, 1.82) is 0 Å². The molecule has 1 aromatic heterocycles. The minimum absolute atomic E-state index is 0. The molecule has 3 heterocycles. The molecule has 0 fully saturated rings. The zero-order valence-electron chi connectivity index (χ0n) is 21.8. The molecule has 0 spiro atoms. The van der Waals surface area contributed by atoms with E-state index >= 15 is 0 Å². The van der Waals surface area contributed by atoms with Crippen LogP contribution in [0.25, 0.3) is 11.3 Å². The Kier molecular flexibility index (Phi) is 11.2. The Morgan fingerprint density at radius 2 is 1.72 bits per heavy atom. The average molecular weight is 576 g/mol. The number of nitrogens with two attached hydrogens (primary N) is 1. The van der Waals surface area contributed by atoms with Gasteiger partial charge in [-0.2, -0.15) is 0 Å². The first-order chi connectivity index (χ1) is 18.3. The van der Waals surface area contributed by atoms with E-state index in [4.69, 9.17) is 15.2 Å². The van der Waals surface area contributed by atoms with Crippen LogP contribution in [0.5, 0.6) is 0 Å². The summed E-state index contributed by atoms with van der Waals surface area (Å²) in [4.78, 5) is 21.7. The maximum absolute atomic E-state index is 13.0. The predicted octanol–water partition coefficient (Wildman–Crippen LogP) is 4.13. The summed E-state index contributed by atoms with van der Waals surface area (Å²) in [5.41, 5.74) is 8.43. The molecule has 1 amide bonds. The fourth-order valence-electron chi connectivity index (χ4n) is 4.03. The number of nitrogen functional groups attached to an aromatic ring is 1. The first-order valence-electron chi connectivity index (χ1n) is 12.6. The highest BCUT2D eigenvalue weighted by molar-refractivity contribution is 7.89. The van der Waals surface area contributed by atoms with Crippen LogP contribution in [0.2, 0.25) is 0 Å². The monoisotopic (exact) mass is 575 g/mol. The first kappa shape index (κ1) is 30.5. The number of nitrogens with zero attached hydrogens (tertiary/aromatic N) is 3. The zero-order valence-corrected chi connectivity index (χ0v) is 23.5. The van der Waals surface area contributed by atoms with E-state index in [1.807, 2.05) is 18.2 Å². The van der Waals surface area contributed by atoms with E-state index in [-0.39, 0.29) is 28.8 Å². The van der Waals surface area contributed by atoms with Crippen molar-refractivity contribution in [3.8, 4) is 11.3 Å². The average Bonchev–Trinajstić information content (AvgIpc) is 2.91. The fraction of sp³-hybridized carbons (Fsp3) is 0.370. The number of nitrogens with one attached hydrogen (secondary N) is 1. The minimum Gasteiger partial charge on any atom is -0.382 e. The van der Waals surface area contributed by atoms with E-state index in [2.05, 4.69) is 15.3 Å². The summed E-state index contributed by atoms with van der Waals surface area (Å²) in [6.45, 7) is 2.40. The number of anilines is 2. The number of benzene rings is 2. The lowest BCUT2D eigenvalue weighted by atomic mass is 10.1. The van der Waals surface area contributed by atoms with Crippen molar-refractivity contribution in [3.05, 3.63) is 66.0 Å². The largest absolute Gasteiger partial charge is 0.382 e. The standard InChI is InChI=1S/C27H33N5O5S.ClH/c1-32-13-4-2-3-5-14-36-15-16-37-19-20-7-6-8-22(17-20)30-27(33)25-26(28)29-18-24(31-25)21-9-11-23(12-10-21)38(32,34)35;/h6-12,17-18H,2-5,13-16,19H2,1H3,(H2,28,29)(H,30,33);1H. The third kappa shape index (κ3) is 8.20. The summed E-state index contributed by atoms with van der Waals surface area (Å²) in [6, 6.07) is 13.7. The van der Waals surface area contributed by atoms with Crippen molar-refractivity contribution in [2.24, 2.45) is 0 Å². The van der Waals surface area contributed by atoms with Crippen molar-refractivity contribution in [2.45, 2.75) is 37.2 Å². The van der Waals surface area contributed by atoms with Gasteiger partial charge in [0.25, 0.3) is 5.91 Å². The lowest BCUT2D eigenvalue weighted by Crippen LogP contribution is -2.28. The molecule has 10 nitrogen and oxygen atoms in total. The van der Waals surface area contributed by atoms with E-state index < -0.39 is 15.9 Å². The molecule has 12 heteroatoms. The van der Waals surface area contributed by atoms with Crippen LogP contribution in [0, 0.1) is 0 Å². The van der Waals surface area contributed by atoms with Crippen LogP contribution in [-0.2, 0) is 26.1 Å². The Labute approximate surface area is 235 Å². The second-order valence-electron chi connectivity index (χ2n) is 9.07. The number of amides is 1. The number of rotatable bonds is 0. The van der Waals surface area contributed by atoms with Crippen molar-refractivity contribution in [3.63, 3.8) is 0 Å². The van der Waals surface area contributed by atoms with E-state index in [1.165, 1.54) is 22.6 Å². The molecule has 2 aromatic carbocycles. The van der Waals surface area contributed by atoms with Gasteiger partial charge in [0.2, 0.25) is 10.0 Å². The van der Waals surface area contributed by atoms with Gasteiger partial charge in [0, 0.05) is 31.5 Å². The summed E-state index contributed by atoms with van der Waals surface area (Å²) >= 11 is 0. The lowest BCUT2D eigenvalue weighted by Gasteiger charge is -2.17. The third-order valence-corrected chi connectivity index (χ3v) is 8.08. The van der Waals surface area contributed by atoms with Gasteiger partial charge in [-0.3, -0.25) is 4.79 Å². The highest BCUT2D eigenvalue weighted by Crippen LogP contribution is 2.23. The maximum Gasteiger partial charge on any atom is 0.278 e. The summed E-state index contributed by atoms with van der Waals surface area (Å²) in [5.74, 6) is -0.515. The number of hydrogen-bond donors (Lipinski definition) is 2. The molecular formula is C27H34ClN5O5S. The predicted molar refractivity (Wildman–Crippen MR) is 152 cm³/mol. The minimum atomic E-state index is -3.63. The van der Waals surface area contributed by atoms with Gasteiger partial charge in [-0.15, -0.1) is 12.4 Å². The summed E-state index contributed by atoms with van der Waals surface area (Å²) < 4.78 is 38.7. The molecule has 39 heavy (non-hydrogen) atoms. The second kappa shape index (κ2) is 14.3. The Morgan fingerprint density at radius 3 is 2.51 bits per heavy atom. The summed E-state index contributed by atoms with van der Waals surface area (Å²) in [7, 11) is -2.04. The third-order valence-electron chi connectivity index (χ3n) is 6.21. The van der Waals surface area contributed by atoms with Gasteiger partial charge < -0.3 is 20.5 Å².